The van der Waals surface area contributed by atoms with Crippen LogP contribution < -0.4 is 24.7 Å². The van der Waals surface area contributed by atoms with Gasteiger partial charge in [-0.05, 0) is 31.4 Å². The highest BCUT2D eigenvalue weighted by atomic mass is 16.5. The lowest BCUT2D eigenvalue weighted by Crippen LogP contribution is -2.33. The van der Waals surface area contributed by atoms with Crippen molar-refractivity contribution in [3.63, 3.8) is 0 Å². The zero-order valence-electron chi connectivity index (χ0n) is 20.1. The van der Waals surface area contributed by atoms with Crippen LogP contribution in [0.3, 0.4) is 0 Å². The van der Waals surface area contributed by atoms with Crippen LogP contribution in [-0.2, 0) is 17.7 Å². The van der Waals surface area contributed by atoms with Crippen LogP contribution in [0.1, 0.15) is 46.8 Å². The van der Waals surface area contributed by atoms with Gasteiger partial charge in [0.25, 0.3) is 0 Å². The largest absolute Gasteiger partial charge is 0.493 e. The number of esters is 1. The van der Waals surface area contributed by atoms with Crippen molar-refractivity contribution in [2.45, 2.75) is 39.7 Å². The van der Waals surface area contributed by atoms with E-state index in [-0.39, 0.29) is 12.4 Å². The number of unbranched alkanes of at least 4 members (excludes halogenated alkanes) is 1. The van der Waals surface area contributed by atoms with E-state index in [2.05, 4.69) is 6.92 Å². The Bertz CT molecular complexity index is 1290. The van der Waals surface area contributed by atoms with Gasteiger partial charge in [-0.1, -0.05) is 13.3 Å². The fraction of sp³-hybridized carbons (Fsp3) is 0.385. The maximum Gasteiger partial charge on any atom is 0.340 e. The molecule has 0 atom stereocenters. The van der Waals surface area contributed by atoms with Crippen molar-refractivity contribution in [2.24, 2.45) is 0 Å². The first-order chi connectivity index (χ1) is 16.4. The predicted molar refractivity (Wildman–Crippen MR) is 128 cm³/mol. The number of carbonyl (C=O) groups is 1. The normalized spacial score (nSPS) is 12.8. The highest BCUT2D eigenvalue weighted by Gasteiger charge is 2.27. The number of hydrogen-bond donors (Lipinski definition) is 0. The van der Waals surface area contributed by atoms with Crippen LogP contribution in [0.5, 0.6) is 17.2 Å². The van der Waals surface area contributed by atoms with Gasteiger partial charge in [-0.25, -0.2) is 9.59 Å². The van der Waals surface area contributed by atoms with Crippen LogP contribution in [-0.4, -0.2) is 34.0 Å². The highest BCUT2D eigenvalue weighted by Crippen LogP contribution is 2.40. The van der Waals surface area contributed by atoms with Crippen LogP contribution in [0.15, 0.2) is 33.5 Å². The Balaban J connectivity index is 1.82. The average molecular weight is 468 g/mol. The summed E-state index contributed by atoms with van der Waals surface area (Å²) in [5.41, 5.74) is 3.87. The lowest BCUT2D eigenvalue weighted by molar-refractivity contribution is 0.0600. The third kappa shape index (κ3) is 4.16. The van der Waals surface area contributed by atoms with Crippen molar-refractivity contribution < 1.29 is 28.2 Å². The van der Waals surface area contributed by atoms with E-state index in [4.69, 9.17) is 23.4 Å². The SMILES string of the molecule is CCCCc1cc(=O)oc2c(C)c3c(cc12)CN(c1cc(OC)c(OC)cc1C(=O)OC)CO3. The van der Waals surface area contributed by atoms with E-state index >= 15 is 0 Å². The smallest absolute Gasteiger partial charge is 0.340 e. The van der Waals surface area contributed by atoms with Crippen molar-refractivity contribution in [3.05, 3.63) is 56.9 Å². The number of carbonyl (C=O) groups excluding carboxylic acids is 1. The summed E-state index contributed by atoms with van der Waals surface area (Å²) in [5.74, 6) is 1.14. The molecule has 180 valence electrons. The Morgan fingerprint density at radius 3 is 2.50 bits per heavy atom. The van der Waals surface area contributed by atoms with Gasteiger partial charge in [-0.3, -0.25) is 0 Å². The lowest BCUT2D eigenvalue weighted by Gasteiger charge is -2.33. The molecule has 1 aliphatic heterocycles. The van der Waals surface area contributed by atoms with E-state index < -0.39 is 5.97 Å². The molecule has 0 unspecified atom stereocenters. The number of anilines is 1. The summed E-state index contributed by atoms with van der Waals surface area (Å²) in [5, 5.41) is 0.912. The maximum absolute atomic E-state index is 12.6. The first-order valence-electron chi connectivity index (χ1n) is 11.2. The molecule has 1 aliphatic rings. The van der Waals surface area contributed by atoms with Crippen molar-refractivity contribution in [2.75, 3.05) is 33.0 Å². The predicted octanol–water partition coefficient (Wildman–Crippen LogP) is 4.60. The van der Waals surface area contributed by atoms with Crippen molar-refractivity contribution in [1.29, 1.82) is 0 Å². The number of benzene rings is 2. The monoisotopic (exact) mass is 467 g/mol. The molecule has 0 spiro atoms. The number of methoxy groups -OCH3 is 3. The van der Waals surface area contributed by atoms with Gasteiger partial charge in [0.1, 0.15) is 11.3 Å². The fourth-order valence-electron chi connectivity index (χ4n) is 4.42. The van der Waals surface area contributed by atoms with Crippen molar-refractivity contribution in [1.82, 2.24) is 0 Å². The second kappa shape index (κ2) is 9.67. The van der Waals surface area contributed by atoms with Gasteiger partial charge in [0.2, 0.25) is 0 Å². The standard InChI is InChI=1S/C26H29NO7/c1-6-7-8-16-10-23(28)34-25-15(2)24-17(9-18(16)25)13-27(14-33-24)20-12-22(31-4)21(30-3)11-19(20)26(29)32-5/h9-12H,6-8,13-14H2,1-5H3. The second-order valence-corrected chi connectivity index (χ2v) is 8.25. The molecule has 8 heteroatoms. The molecular weight excluding hydrogens is 438 g/mol. The van der Waals surface area contributed by atoms with Gasteiger partial charge in [-0.15, -0.1) is 0 Å². The lowest BCUT2D eigenvalue weighted by atomic mass is 9.98. The minimum atomic E-state index is -0.486. The zero-order chi connectivity index (χ0) is 24.4. The summed E-state index contributed by atoms with van der Waals surface area (Å²) >= 11 is 0. The summed E-state index contributed by atoms with van der Waals surface area (Å²) in [6.45, 7) is 4.70. The van der Waals surface area contributed by atoms with Gasteiger partial charge in [0.05, 0.1) is 32.6 Å². The second-order valence-electron chi connectivity index (χ2n) is 8.25. The average Bonchev–Trinajstić information content (AvgIpc) is 2.86. The van der Waals surface area contributed by atoms with E-state index in [1.165, 1.54) is 14.2 Å². The van der Waals surface area contributed by atoms with Crippen molar-refractivity contribution in [3.8, 4) is 17.2 Å². The Morgan fingerprint density at radius 2 is 1.82 bits per heavy atom. The number of aryl methyl sites for hydroxylation is 2. The number of hydrogen-bond acceptors (Lipinski definition) is 8. The Kier molecular flexibility index (Phi) is 6.68. The van der Waals surface area contributed by atoms with Crippen LogP contribution in [0.4, 0.5) is 5.69 Å². The number of rotatable bonds is 7. The molecule has 4 rings (SSSR count). The van der Waals surface area contributed by atoms with Gasteiger partial charge >= 0.3 is 11.6 Å². The van der Waals surface area contributed by atoms with E-state index in [9.17, 15) is 9.59 Å². The van der Waals surface area contributed by atoms with E-state index in [0.717, 1.165) is 41.3 Å². The molecule has 0 saturated carbocycles. The molecule has 0 amide bonds. The third-order valence-electron chi connectivity index (χ3n) is 6.15. The molecule has 0 radical (unpaired) electrons. The number of nitrogens with zero attached hydrogens (tertiary/aromatic N) is 1. The first-order valence-corrected chi connectivity index (χ1v) is 11.2. The van der Waals surface area contributed by atoms with Gasteiger partial charge in [0.15, 0.2) is 18.2 Å². The topological polar surface area (TPSA) is 87.4 Å². The molecule has 0 fully saturated rings. The van der Waals surface area contributed by atoms with E-state index in [1.54, 1.807) is 25.3 Å². The maximum atomic E-state index is 12.6. The highest BCUT2D eigenvalue weighted by molar-refractivity contribution is 5.97. The minimum Gasteiger partial charge on any atom is -0.493 e. The third-order valence-corrected chi connectivity index (χ3v) is 6.15. The molecule has 2 heterocycles. The minimum absolute atomic E-state index is 0.193. The molecule has 0 aliphatic carbocycles. The molecular formula is C26H29NO7. The quantitative estimate of drug-likeness (QED) is 0.368. The number of ether oxygens (including phenoxy) is 4. The molecule has 34 heavy (non-hydrogen) atoms. The van der Waals surface area contributed by atoms with Crippen molar-refractivity contribution >= 4 is 22.6 Å². The Morgan fingerprint density at radius 1 is 1.09 bits per heavy atom. The van der Waals surface area contributed by atoms with Crippen LogP contribution >= 0.6 is 0 Å². The fourth-order valence-corrected chi connectivity index (χ4v) is 4.42. The Hall–Kier alpha value is -3.68. The molecule has 2 aromatic carbocycles. The molecule has 1 aromatic heterocycles. The number of fused-ring (bicyclic) bond motifs is 2. The first kappa shape index (κ1) is 23.5. The summed E-state index contributed by atoms with van der Waals surface area (Å²) in [6.07, 6.45) is 2.80. The van der Waals surface area contributed by atoms with Crippen LogP contribution in [0.2, 0.25) is 0 Å². The van der Waals surface area contributed by atoms with E-state index in [1.807, 2.05) is 17.9 Å². The Labute approximate surface area is 198 Å². The van der Waals surface area contributed by atoms with Gasteiger partial charge in [0, 0.05) is 41.3 Å². The zero-order valence-corrected chi connectivity index (χ0v) is 20.1. The summed E-state index contributed by atoms with van der Waals surface area (Å²) in [7, 11) is 4.40. The molecule has 8 nitrogen and oxygen atoms in total. The molecule has 0 N–H and O–H groups in total. The molecule has 0 saturated heterocycles. The van der Waals surface area contributed by atoms with Crippen LogP contribution in [0, 0.1) is 6.92 Å². The molecule has 0 bridgehead atoms. The van der Waals surface area contributed by atoms with Crippen LogP contribution in [0.25, 0.3) is 11.0 Å². The van der Waals surface area contributed by atoms with Gasteiger partial charge in [-0.2, -0.15) is 0 Å². The van der Waals surface area contributed by atoms with Gasteiger partial charge < -0.3 is 28.3 Å². The summed E-state index contributed by atoms with van der Waals surface area (Å²) in [4.78, 5) is 26.7. The summed E-state index contributed by atoms with van der Waals surface area (Å²) < 4.78 is 27.5. The molecule has 3 aromatic rings. The van der Waals surface area contributed by atoms with E-state index in [0.29, 0.717) is 40.6 Å². The summed E-state index contributed by atoms with van der Waals surface area (Å²) in [6, 6.07) is 6.96.